The van der Waals surface area contributed by atoms with Gasteiger partial charge < -0.3 is 10.1 Å². The van der Waals surface area contributed by atoms with Crippen LogP contribution in [-0.2, 0) is 17.6 Å². The van der Waals surface area contributed by atoms with Gasteiger partial charge in [0.05, 0.1) is 19.6 Å². The Morgan fingerprint density at radius 2 is 2.08 bits per heavy atom. The Morgan fingerprint density at radius 3 is 2.80 bits per heavy atom. The van der Waals surface area contributed by atoms with Gasteiger partial charge >= 0.3 is 0 Å². The van der Waals surface area contributed by atoms with Crippen molar-refractivity contribution in [2.75, 3.05) is 7.11 Å². The highest BCUT2D eigenvalue weighted by Gasteiger charge is 2.20. The van der Waals surface area contributed by atoms with Crippen molar-refractivity contribution in [2.45, 2.75) is 18.9 Å². The Balaban J connectivity index is 1.79. The van der Waals surface area contributed by atoms with Gasteiger partial charge in [0.1, 0.15) is 0 Å². The van der Waals surface area contributed by atoms with E-state index in [4.69, 9.17) is 4.74 Å². The van der Waals surface area contributed by atoms with E-state index in [0.717, 1.165) is 11.3 Å². The van der Waals surface area contributed by atoms with Crippen LogP contribution in [0.2, 0.25) is 0 Å². The van der Waals surface area contributed by atoms with Crippen LogP contribution >= 0.6 is 11.3 Å². The third-order valence-electron chi connectivity index (χ3n) is 3.79. The van der Waals surface area contributed by atoms with Crippen molar-refractivity contribution in [2.24, 2.45) is 0 Å². The van der Waals surface area contributed by atoms with Crippen LogP contribution in [-0.4, -0.2) is 23.0 Å². The smallest absolute Gasteiger partial charge is 0.226 e. The van der Waals surface area contributed by atoms with Gasteiger partial charge in [0.15, 0.2) is 0 Å². The van der Waals surface area contributed by atoms with Gasteiger partial charge in [-0.15, -0.1) is 0 Å². The largest absolute Gasteiger partial charge is 0.481 e. The van der Waals surface area contributed by atoms with Crippen molar-refractivity contribution in [3.63, 3.8) is 0 Å². The fourth-order valence-corrected chi connectivity index (χ4v) is 3.32. The third-order valence-corrected chi connectivity index (χ3v) is 4.52. The molecule has 3 heterocycles. The lowest BCUT2D eigenvalue weighted by Gasteiger charge is -2.20. The minimum absolute atomic E-state index is 0.0789. The maximum absolute atomic E-state index is 12.5. The molecule has 0 saturated heterocycles. The molecule has 0 fully saturated rings. The van der Waals surface area contributed by atoms with Crippen LogP contribution in [0.5, 0.6) is 5.88 Å². The summed E-state index contributed by atoms with van der Waals surface area (Å²) in [5.41, 5.74) is 2.78. The second kappa shape index (κ2) is 8.39. The molecule has 1 N–H and O–H groups in total. The predicted octanol–water partition coefficient (Wildman–Crippen LogP) is 3.19. The van der Waals surface area contributed by atoms with E-state index in [-0.39, 0.29) is 18.4 Å². The Labute approximate surface area is 150 Å². The molecule has 0 aromatic carbocycles. The maximum atomic E-state index is 12.5. The molecule has 1 amide bonds. The van der Waals surface area contributed by atoms with Gasteiger partial charge in [0, 0.05) is 23.7 Å². The van der Waals surface area contributed by atoms with Crippen molar-refractivity contribution in [1.29, 1.82) is 0 Å². The zero-order chi connectivity index (χ0) is 17.5. The Morgan fingerprint density at radius 1 is 1.20 bits per heavy atom. The monoisotopic (exact) mass is 353 g/mol. The number of carbonyl (C=O) groups excluding carboxylic acids is 1. The van der Waals surface area contributed by atoms with E-state index in [2.05, 4.69) is 26.7 Å². The molecule has 25 heavy (non-hydrogen) atoms. The van der Waals surface area contributed by atoms with Gasteiger partial charge in [-0.25, -0.2) is 4.98 Å². The van der Waals surface area contributed by atoms with Gasteiger partial charge in [-0.3, -0.25) is 9.78 Å². The van der Waals surface area contributed by atoms with E-state index >= 15 is 0 Å². The van der Waals surface area contributed by atoms with Crippen molar-refractivity contribution in [3.05, 3.63) is 76.4 Å². The predicted molar refractivity (Wildman–Crippen MR) is 97.6 cm³/mol. The molecule has 0 spiro atoms. The first-order valence-electron chi connectivity index (χ1n) is 7.95. The number of hydrogen-bond donors (Lipinski definition) is 1. The van der Waals surface area contributed by atoms with Gasteiger partial charge in [-0.2, -0.15) is 11.3 Å². The van der Waals surface area contributed by atoms with Crippen LogP contribution in [0.25, 0.3) is 0 Å². The third kappa shape index (κ3) is 4.64. The summed E-state index contributed by atoms with van der Waals surface area (Å²) in [6, 6.07) is 11.2. The molecular formula is C19H19N3O2S. The van der Waals surface area contributed by atoms with Crippen LogP contribution < -0.4 is 10.1 Å². The first kappa shape index (κ1) is 17.1. The molecule has 0 aliphatic carbocycles. The number of thiophene rings is 1. The molecule has 0 aliphatic rings. The summed E-state index contributed by atoms with van der Waals surface area (Å²) < 4.78 is 5.37. The fraction of sp³-hybridized carbons (Fsp3) is 0.211. The van der Waals surface area contributed by atoms with Gasteiger partial charge in [-0.05, 0) is 47.0 Å². The number of amides is 1. The van der Waals surface area contributed by atoms with Crippen LogP contribution in [0, 0.1) is 0 Å². The quantitative estimate of drug-likeness (QED) is 0.708. The number of ether oxygens (including phenoxy) is 1. The van der Waals surface area contributed by atoms with Crippen molar-refractivity contribution in [3.8, 4) is 5.88 Å². The lowest BCUT2D eigenvalue weighted by atomic mass is 10.0. The Kier molecular flexibility index (Phi) is 5.74. The minimum atomic E-state index is -0.213. The number of pyridine rings is 2. The van der Waals surface area contributed by atoms with E-state index < -0.39 is 0 Å². The van der Waals surface area contributed by atoms with E-state index in [9.17, 15) is 4.79 Å². The molecule has 0 saturated carbocycles. The topological polar surface area (TPSA) is 64.1 Å². The average Bonchev–Trinajstić information content (AvgIpc) is 3.15. The highest BCUT2D eigenvalue weighted by atomic mass is 32.1. The Hall–Kier alpha value is -2.73. The number of aromatic nitrogens is 2. The van der Waals surface area contributed by atoms with Gasteiger partial charge in [0.2, 0.25) is 11.8 Å². The molecule has 3 rings (SSSR count). The molecule has 5 nitrogen and oxygen atoms in total. The van der Waals surface area contributed by atoms with Crippen LogP contribution in [0.15, 0.2) is 59.6 Å². The molecule has 1 atom stereocenters. The van der Waals surface area contributed by atoms with Crippen molar-refractivity contribution in [1.82, 2.24) is 15.3 Å². The number of rotatable bonds is 7. The Bertz CT molecular complexity index is 807. The number of nitrogens with one attached hydrogen (secondary N) is 1. The summed E-state index contributed by atoms with van der Waals surface area (Å²) in [4.78, 5) is 21.0. The SMILES string of the molecule is COc1ncccc1C(Cc1ccsc1)NC(=O)Cc1ccccn1. The van der Waals surface area contributed by atoms with Crippen LogP contribution in [0.1, 0.15) is 22.9 Å². The normalized spacial score (nSPS) is 11.7. The molecule has 6 heteroatoms. The summed E-state index contributed by atoms with van der Waals surface area (Å²) >= 11 is 1.64. The number of hydrogen-bond acceptors (Lipinski definition) is 5. The lowest BCUT2D eigenvalue weighted by Crippen LogP contribution is -2.31. The number of nitrogens with zero attached hydrogens (tertiary/aromatic N) is 2. The second-order valence-electron chi connectivity index (χ2n) is 5.56. The van der Waals surface area contributed by atoms with E-state index in [1.807, 2.05) is 35.7 Å². The molecule has 0 aliphatic heterocycles. The van der Waals surface area contributed by atoms with E-state index in [1.165, 1.54) is 5.56 Å². The van der Waals surface area contributed by atoms with Gasteiger partial charge in [0.25, 0.3) is 0 Å². The summed E-state index contributed by atoms with van der Waals surface area (Å²) in [6.45, 7) is 0. The standard InChI is InChI=1S/C19H19N3O2S/c1-24-19-16(6-4-9-21-19)17(11-14-7-10-25-13-14)22-18(23)12-15-5-2-3-8-20-15/h2-10,13,17H,11-12H2,1H3,(H,22,23). The zero-order valence-electron chi connectivity index (χ0n) is 13.9. The first-order valence-corrected chi connectivity index (χ1v) is 8.90. The molecule has 3 aromatic rings. The summed E-state index contributed by atoms with van der Waals surface area (Å²) in [5, 5.41) is 7.21. The molecule has 0 radical (unpaired) electrons. The lowest BCUT2D eigenvalue weighted by molar-refractivity contribution is -0.121. The van der Waals surface area contributed by atoms with E-state index in [1.54, 1.807) is 30.8 Å². The van der Waals surface area contributed by atoms with Crippen molar-refractivity contribution >= 4 is 17.2 Å². The maximum Gasteiger partial charge on any atom is 0.226 e. The summed E-state index contributed by atoms with van der Waals surface area (Å²) in [5.74, 6) is 0.450. The zero-order valence-corrected chi connectivity index (χ0v) is 14.7. The van der Waals surface area contributed by atoms with Gasteiger partial charge in [-0.1, -0.05) is 12.1 Å². The van der Waals surface area contributed by atoms with Crippen molar-refractivity contribution < 1.29 is 9.53 Å². The molecule has 1 unspecified atom stereocenters. The molecular weight excluding hydrogens is 334 g/mol. The first-order chi connectivity index (χ1) is 12.3. The number of carbonyl (C=O) groups is 1. The molecule has 0 bridgehead atoms. The molecule has 3 aromatic heterocycles. The minimum Gasteiger partial charge on any atom is -0.481 e. The summed E-state index contributed by atoms with van der Waals surface area (Å²) in [7, 11) is 1.59. The highest BCUT2D eigenvalue weighted by Crippen LogP contribution is 2.26. The number of methoxy groups -OCH3 is 1. The second-order valence-corrected chi connectivity index (χ2v) is 6.34. The summed E-state index contributed by atoms with van der Waals surface area (Å²) in [6.07, 6.45) is 4.29. The average molecular weight is 353 g/mol. The van der Waals surface area contributed by atoms with Crippen LogP contribution in [0.4, 0.5) is 0 Å². The van der Waals surface area contributed by atoms with E-state index in [0.29, 0.717) is 12.3 Å². The fourth-order valence-electron chi connectivity index (χ4n) is 2.63. The molecule has 128 valence electrons. The van der Waals surface area contributed by atoms with Crippen LogP contribution in [0.3, 0.4) is 0 Å². The highest BCUT2D eigenvalue weighted by molar-refractivity contribution is 7.07.